The molecule has 0 unspecified atom stereocenters. The number of hydrogen-bond donors (Lipinski definition) is 4. The maximum atomic E-state index is 13.7. The number of piperidine rings is 1. The first-order chi connectivity index (χ1) is 29.4. The fourth-order valence-electron chi connectivity index (χ4n) is 9.35. The van der Waals surface area contributed by atoms with Gasteiger partial charge in [-0.15, -0.1) is 0 Å². The van der Waals surface area contributed by atoms with Crippen LogP contribution in [0.2, 0.25) is 0 Å². The number of phenolic OH excluding ortho intramolecular Hbond substituents is 2. The maximum Gasteiger partial charge on any atom is 0.415 e. The lowest BCUT2D eigenvalue weighted by molar-refractivity contribution is -0.0757. The topological polar surface area (TPSA) is 185 Å². The zero-order valence-corrected chi connectivity index (χ0v) is 34.8. The van der Waals surface area contributed by atoms with Crippen LogP contribution < -0.4 is 16.0 Å². The summed E-state index contributed by atoms with van der Waals surface area (Å²) in [5.74, 6) is 0.938. The number of aromatic nitrogens is 5. The highest BCUT2D eigenvalue weighted by Crippen LogP contribution is 2.41. The van der Waals surface area contributed by atoms with Crippen molar-refractivity contribution in [1.82, 2.24) is 29.2 Å². The number of H-pyrrole nitrogens is 1. The van der Waals surface area contributed by atoms with Gasteiger partial charge >= 0.3 is 11.8 Å². The second-order valence-corrected chi connectivity index (χ2v) is 16.9. The Balaban J connectivity index is 0.835. The Morgan fingerprint density at radius 2 is 1.77 bits per heavy atom. The molecule has 1 amide bonds. The number of pyridine rings is 2. The van der Waals surface area contributed by atoms with Crippen LogP contribution in [0.15, 0.2) is 70.3 Å². The molecule has 3 aliphatic rings. The number of carbonyl (C=O) groups is 1. The fraction of sp³-hybridized carbons (Fsp3) is 0.383. The van der Waals surface area contributed by atoms with Gasteiger partial charge in [0, 0.05) is 35.7 Å². The van der Waals surface area contributed by atoms with E-state index in [2.05, 4.69) is 17.1 Å². The Morgan fingerprint density at radius 1 is 1.00 bits per heavy atom. The van der Waals surface area contributed by atoms with Crippen molar-refractivity contribution in [2.75, 3.05) is 19.7 Å². The average Bonchev–Trinajstić information content (AvgIpc) is 3.82. The number of ether oxygens (including phenoxy) is 2. The molecule has 14 heteroatoms. The van der Waals surface area contributed by atoms with Crippen LogP contribution in [-0.2, 0) is 36.3 Å². The molecule has 3 aromatic heterocycles. The number of carbonyl (C=O) groups excluding carboxylic acids is 1. The molecule has 0 aliphatic carbocycles. The first-order valence-corrected chi connectivity index (χ1v) is 21.2. The smallest absolute Gasteiger partial charge is 0.415 e. The third kappa shape index (κ3) is 7.06. The van der Waals surface area contributed by atoms with Crippen molar-refractivity contribution in [3.05, 3.63) is 115 Å². The minimum absolute atomic E-state index is 0.00512. The molecule has 3 aromatic carbocycles. The Morgan fingerprint density at radius 3 is 2.49 bits per heavy atom. The highest BCUT2D eigenvalue weighted by atomic mass is 16.6. The van der Waals surface area contributed by atoms with Crippen molar-refractivity contribution < 1.29 is 29.6 Å². The van der Waals surface area contributed by atoms with E-state index in [1.807, 2.05) is 63.2 Å². The minimum atomic E-state index is -1.22. The van der Waals surface area contributed by atoms with Crippen molar-refractivity contribution >= 4 is 17.0 Å². The molecule has 6 heterocycles. The number of likely N-dealkylation sites (tertiary alicyclic amines) is 1. The third-order valence-corrected chi connectivity index (χ3v) is 13.0. The number of aliphatic hydroxyl groups is 1. The summed E-state index contributed by atoms with van der Waals surface area (Å²) >= 11 is 0. The monoisotopic (exact) mass is 826 g/mol. The van der Waals surface area contributed by atoms with Crippen molar-refractivity contribution in [3.63, 3.8) is 0 Å². The van der Waals surface area contributed by atoms with Gasteiger partial charge < -0.3 is 34.3 Å². The van der Waals surface area contributed by atoms with Crippen LogP contribution in [0.5, 0.6) is 17.2 Å². The minimum Gasteiger partial charge on any atom is -0.508 e. The van der Waals surface area contributed by atoms with E-state index in [4.69, 9.17) is 14.5 Å². The number of aromatic amines is 1. The summed E-state index contributed by atoms with van der Waals surface area (Å²) in [5, 5.41) is 39.9. The lowest BCUT2D eigenvalue weighted by atomic mass is 9.86. The molecule has 0 radical (unpaired) electrons. The van der Waals surface area contributed by atoms with Gasteiger partial charge in [0.25, 0.3) is 5.56 Å². The number of hydrogen-bond acceptors (Lipinski definition) is 10. The van der Waals surface area contributed by atoms with E-state index < -0.39 is 11.3 Å². The third-order valence-electron chi connectivity index (χ3n) is 13.0. The molecule has 14 nitrogen and oxygen atoms in total. The molecule has 0 bridgehead atoms. The summed E-state index contributed by atoms with van der Waals surface area (Å²) in [4.78, 5) is 46.8. The Kier molecular flexibility index (Phi) is 10.3. The number of nitrogens with one attached hydrogen (secondary N) is 1. The molecule has 1 atom stereocenters. The van der Waals surface area contributed by atoms with Gasteiger partial charge in [-0.1, -0.05) is 39.8 Å². The second kappa shape index (κ2) is 15.7. The number of aryl methyl sites for hydroxylation is 2. The highest BCUT2D eigenvalue weighted by Gasteiger charge is 2.38. The van der Waals surface area contributed by atoms with Gasteiger partial charge in [0.2, 0.25) is 0 Å². The molecule has 1 saturated heterocycles. The number of amides is 1. The Bertz CT molecular complexity index is 2820. The standard InChI is InChI=1S/C47H50N6O8/c1-5-31-33-19-30(13-14-38(33)48-42-35(31)23-52-39(42)21-37-36(44(52)56)24-60-25-47(37,59)6-2)61-46(58)51-17-15-28(16-18-51)8-7-27-9-11-29(12-10-27)53-43(49-50-45(53)57)34-20-32(26(3)4)40(54)22-41(34)55/h9-14,19-22,26,28,54-55,59H,5-8,15-18,23-25H2,1-4H3,(H,50,57)/t47-/m1/s1. The molecular formula is C47H50N6O8. The summed E-state index contributed by atoms with van der Waals surface area (Å²) in [6.07, 6.45) is 4.24. The van der Waals surface area contributed by atoms with Gasteiger partial charge in [0.05, 0.1) is 47.9 Å². The quantitative estimate of drug-likeness (QED) is 0.118. The number of benzene rings is 3. The first kappa shape index (κ1) is 40.2. The van der Waals surface area contributed by atoms with E-state index in [-0.39, 0.29) is 48.1 Å². The summed E-state index contributed by atoms with van der Waals surface area (Å²) in [5.41, 5.74) is 6.20. The van der Waals surface area contributed by atoms with Crippen LogP contribution in [0, 0.1) is 5.92 Å². The molecule has 9 rings (SSSR count). The molecule has 0 spiro atoms. The SMILES string of the molecule is CCc1c2c(nc3ccc(OC(=O)N4CCC(CCc5ccc(-n6c(-c7cc(C(C)C)c(O)cc7O)n[nH]c6=O)cc5)CC4)cc13)-c1cc3c(c(=O)n1C2)COC[C@]3(O)CC. The number of aromatic hydroxyl groups is 2. The van der Waals surface area contributed by atoms with E-state index in [1.165, 1.54) is 10.6 Å². The molecule has 1 fully saturated rings. The molecule has 4 N–H and O–H groups in total. The molecule has 6 aromatic rings. The van der Waals surface area contributed by atoms with Crippen molar-refractivity contribution in [2.45, 2.75) is 90.9 Å². The van der Waals surface area contributed by atoms with E-state index in [1.54, 1.807) is 21.6 Å². The molecule has 3 aliphatic heterocycles. The number of nitrogens with zero attached hydrogens (tertiary/aromatic N) is 5. The van der Waals surface area contributed by atoms with Crippen LogP contribution in [0.3, 0.4) is 0 Å². The van der Waals surface area contributed by atoms with Gasteiger partial charge in [-0.2, -0.15) is 5.10 Å². The van der Waals surface area contributed by atoms with E-state index >= 15 is 0 Å². The van der Waals surface area contributed by atoms with Gasteiger partial charge in [0.15, 0.2) is 5.82 Å². The van der Waals surface area contributed by atoms with Crippen molar-refractivity contribution in [3.8, 4) is 45.7 Å². The van der Waals surface area contributed by atoms with Gasteiger partial charge in [-0.3, -0.25) is 4.79 Å². The molecule has 0 saturated carbocycles. The van der Waals surface area contributed by atoms with E-state index in [0.717, 1.165) is 59.0 Å². The van der Waals surface area contributed by atoms with Crippen LogP contribution in [0.1, 0.15) is 92.7 Å². The maximum absolute atomic E-state index is 13.7. The Hall–Kier alpha value is -6.25. The summed E-state index contributed by atoms with van der Waals surface area (Å²) in [7, 11) is 0. The van der Waals surface area contributed by atoms with Crippen LogP contribution in [0.25, 0.3) is 39.4 Å². The molecule has 316 valence electrons. The highest BCUT2D eigenvalue weighted by molar-refractivity contribution is 5.89. The zero-order chi connectivity index (χ0) is 42.7. The second-order valence-electron chi connectivity index (χ2n) is 16.9. The number of phenols is 2. The summed E-state index contributed by atoms with van der Waals surface area (Å²) in [6.45, 7) is 9.70. The van der Waals surface area contributed by atoms with Crippen molar-refractivity contribution in [1.29, 1.82) is 0 Å². The average molecular weight is 827 g/mol. The van der Waals surface area contributed by atoms with Gasteiger partial charge in [0.1, 0.15) is 22.8 Å². The molecule has 61 heavy (non-hydrogen) atoms. The largest absolute Gasteiger partial charge is 0.508 e. The first-order valence-electron chi connectivity index (χ1n) is 21.2. The lowest BCUT2D eigenvalue weighted by Gasteiger charge is -2.33. The summed E-state index contributed by atoms with van der Waals surface area (Å²) < 4.78 is 14.7. The lowest BCUT2D eigenvalue weighted by Crippen LogP contribution is -2.40. The zero-order valence-electron chi connectivity index (χ0n) is 34.8. The van der Waals surface area contributed by atoms with Crippen LogP contribution >= 0.6 is 0 Å². The van der Waals surface area contributed by atoms with Gasteiger partial charge in [-0.05, 0) is 115 Å². The number of fused-ring (bicyclic) bond motifs is 5. The molecular weight excluding hydrogens is 777 g/mol. The fourth-order valence-corrected chi connectivity index (χ4v) is 9.35. The predicted molar refractivity (Wildman–Crippen MR) is 229 cm³/mol. The number of rotatable bonds is 9. The van der Waals surface area contributed by atoms with E-state index in [0.29, 0.717) is 77.8 Å². The van der Waals surface area contributed by atoms with E-state index in [9.17, 15) is 29.7 Å². The van der Waals surface area contributed by atoms with Gasteiger partial charge in [-0.25, -0.2) is 24.2 Å². The predicted octanol–water partition coefficient (Wildman–Crippen LogP) is 7.03. The summed E-state index contributed by atoms with van der Waals surface area (Å²) in [6, 6.07) is 18.1. The van der Waals surface area contributed by atoms with Crippen molar-refractivity contribution in [2.24, 2.45) is 5.92 Å². The normalized spacial score (nSPS) is 17.4. The van der Waals surface area contributed by atoms with Crippen LogP contribution in [-0.4, -0.2) is 70.3 Å². The van der Waals surface area contributed by atoms with Crippen LogP contribution in [0.4, 0.5) is 4.79 Å². The Labute approximate surface area is 352 Å².